The maximum Gasteiger partial charge on any atom is 0.315 e. The molecule has 3 fully saturated rings. The molecule has 4 rings (SSSR count). The molecule has 1 saturated heterocycles. The van der Waals surface area contributed by atoms with Crippen molar-refractivity contribution < 1.29 is 27.2 Å². The van der Waals surface area contributed by atoms with Crippen LogP contribution in [0.25, 0.3) is 0 Å². The van der Waals surface area contributed by atoms with Crippen LogP contribution in [0, 0.1) is 23.0 Å². The van der Waals surface area contributed by atoms with Gasteiger partial charge in [-0.15, -0.1) is 0 Å². The van der Waals surface area contributed by atoms with Crippen LogP contribution in [0.1, 0.15) is 44.1 Å². The number of nitrogens with two attached hydrogens (primary N) is 1. The first-order valence-corrected chi connectivity index (χ1v) is 10.1. The number of carbonyl (C=O) groups excluding carboxylic acids is 2. The molecule has 2 aliphatic carbocycles. The third-order valence-corrected chi connectivity index (χ3v) is 7.39. The van der Waals surface area contributed by atoms with Gasteiger partial charge in [-0.3, -0.25) is 4.79 Å². The summed E-state index contributed by atoms with van der Waals surface area (Å²) in [6.07, 6.45) is 0.185. The number of hydrogen-bond acceptors (Lipinski definition) is 2. The lowest BCUT2D eigenvalue weighted by Gasteiger charge is -2.61. The molecule has 1 aliphatic heterocycles. The number of hydrogen-bond donors (Lipinski definition) is 2. The molecule has 1 unspecified atom stereocenters. The van der Waals surface area contributed by atoms with Gasteiger partial charge in [0, 0.05) is 31.8 Å². The minimum atomic E-state index is -2.71. The summed E-state index contributed by atoms with van der Waals surface area (Å²) in [5, 5.41) is 1.96. The van der Waals surface area contributed by atoms with E-state index in [1.807, 2.05) is 0 Å². The summed E-state index contributed by atoms with van der Waals surface area (Å²) in [4.78, 5) is 26.3. The van der Waals surface area contributed by atoms with E-state index in [4.69, 9.17) is 17.3 Å². The summed E-state index contributed by atoms with van der Waals surface area (Å²) >= 11 is 5.79. The molecule has 10 heteroatoms. The quantitative estimate of drug-likeness (QED) is 0.546. The van der Waals surface area contributed by atoms with Gasteiger partial charge < -0.3 is 16.0 Å². The molecule has 1 spiro atoms. The van der Waals surface area contributed by atoms with E-state index >= 15 is 4.39 Å². The Balaban J connectivity index is 1.78. The van der Waals surface area contributed by atoms with Gasteiger partial charge in [0.1, 0.15) is 22.2 Å². The third kappa shape index (κ3) is 3.04. The summed E-state index contributed by atoms with van der Waals surface area (Å²) < 4.78 is 55.8. The molecule has 2 atom stereocenters. The Kier molecular flexibility index (Phi) is 4.76. The van der Waals surface area contributed by atoms with Crippen LogP contribution in [0.15, 0.2) is 12.1 Å². The van der Waals surface area contributed by atoms with E-state index in [9.17, 15) is 22.8 Å². The van der Waals surface area contributed by atoms with Crippen LogP contribution in [-0.4, -0.2) is 41.4 Å². The van der Waals surface area contributed by atoms with Crippen LogP contribution in [0.3, 0.4) is 0 Å². The number of nitrogens with one attached hydrogen (secondary N) is 1. The van der Waals surface area contributed by atoms with E-state index in [-0.39, 0.29) is 37.4 Å². The third-order valence-electron chi connectivity index (χ3n) is 7.04. The first kappa shape index (κ1) is 21.2. The van der Waals surface area contributed by atoms with Crippen LogP contribution in [0.5, 0.6) is 0 Å². The fourth-order valence-electron chi connectivity index (χ4n) is 5.88. The largest absolute Gasteiger partial charge is 0.352 e. The molecular weight excluding hydrogens is 426 g/mol. The highest BCUT2D eigenvalue weighted by Crippen LogP contribution is 2.68. The van der Waals surface area contributed by atoms with Crippen molar-refractivity contribution in [1.82, 2.24) is 10.2 Å². The Bertz CT molecular complexity index is 912. The van der Waals surface area contributed by atoms with Crippen molar-refractivity contribution in [3.63, 3.8) is 0 Å². The predicted molar refractivity (Wildman–Crippen MR) is 101 cm³/mol. The van der Waals surface area contributed by atoms with E-state index in [0.29, 0.717) is 12.8 Å². The molecule has 0 radical (unpaired) electrons. The number of amides is 3. The lowest BCUT2D eigenvalue weighted by Crippen LogP contribution is -2.70. The van der Waals surface area contributed by atoms with Crippen molar-refractivity contribution in [2.24, 2.45) is 17.1 Å². The molecule has 1 heterocycles. The van der Waals surface area contributed by atoms with Crippen LogP contribution in [0.4, 0.5) is 22.4 Å². The molecule has 5 nitrogen and oxygen atoms in total. The molecule has 0 aromatic heterocycles. The van der Waals surface area contributed by atoms with Gasteiger partial charge in [0.15, 0.2) is 0 Å². The fourth-order valence-corrected chi connectivity index (χ4v) is 6.05. The zero-order valence-electron chi connectivity index (χ0n) is 16.3. The summed E-state index contributed by atoms with van der Waals surface area (Å²) in [6.45, 7) is 1.77. The summed E-state index contributed by atoms with van der Waals surface area (Å²) in [7, 11) is 0. The smallest absolute Gasteiger partial charge is 0.315 e. The Hall–Kier alpha value is -2.03. The second kappa shape index (κ2) is 6.73. The van der Waals surface area contributed by atoms with Crippen LogP contribution in [-0.2, 0) is 4.79 Å². The highest BCUT2D eigenvalue weighted by molar-refractivity contribution is 6.31. The van der Waals surface area contributed by atoms with E-state index in [0.717, 1.165) is 6.07 Å². The summed E-state index contributed by atoms with van der Waals surface area (Å²) in [5.74, 6) is -6.53. The first-order valence-electron chi connectivity index (χ1n) is 9.77. The van der Waals surface area contributed by atoms with Gasteiger partial charge in [0.25, 0.3) is 0 Å². The molecule has 3 N–H and O–H groups in total. The Morgan fingerprint density at radius 3 is 2.50 bits per heavy atom. The van der Waals surface area contributed by atoms with E-state index in [1.54, 1.807) is 0 Å². The average Bonchev–Trinajstić information content (AvgIpc) is 2.60. The van der Waals surface area contributed by atoms with Gasteiger partial charge in [0.05, 0.1) is 0 Å². The number of carbonyl (C=O) groups is 2. The first-order chi connectivity index (χ1) is 13.9. The minimum Gasteiger partial charge on any atom is -0.352 e. The van der Waals surface area contributed by atoms with E-state index in [1.165, 1.54) is 17.9 Å². The predicted octanol–water partition coefficient (Wildman–Crippen LogP) is 3.80. The number of halogens is 5. The zero-order chi connectivity index (χ0) is 22.1. The molecular formula is C20H22ClF4N3O2. The highest BCUT2D eigenvalue weighted by atomic mass is 35.5. The number of nitrogens with zero attached hydrogens (tertiary/aromatic N) is 1. The summed E-state index contributed by atoms with van der Waals surface area (Å²) in [5.41, 5.74) is 3.37. The number of primary amides is 1. The normalized spacial score (nSPS) is 28.5. The van der Waals surface area contributed by atoms with Crippen molar-refractivity contribution in [2.75, 3.05) is 13.1 Å². The van der Waals surface area contributed by atoms with Gasteiger partial charge in [-0.25, -0.2) is 22.4 Å². The molecule has 164 valence electrons. The summed E-state index contributed by atoms with van der Waals surface area (Å²) in [6, 6.07) is 1.35. The van der Waals surface area contributed by atoms with Crippen LogP contribution in [0.2, 0.25) is 5.02 Å². The lowest BCUT2D eigenvalue weighted by atomic mass is 9.46. The maximum atomic E-state index is 15.1. The van der Waals surface area contributed by atoms with Gasteiger partial charge in [0.2, 0.25) is 11.8 Å². The monoisotopic (exact) mass is 447 g/mol. The topological polar surface area (TPSA) is 75.4 Å². The number of rotatable bonds is 3. The van der Waals surface area contributed by atoms with E-state index in [2.05, 4.69) is 5.32 Å². The molecule has 1 aromatic carbocycles. The second-order valence-corrected chi connectivity index (χ2v) is 9.39. The second-order valence-electron chi connectivity index (χ2n) is 9.01. The van der Waals surface area contributed by atoms with Crippen LogP contribution < -0.4 is 11.1 Å². The molecule has 2 saturated carbocycles. The van der Waals surface area contributed by atoms with Crippen molar-refractivity contribution in [1.29, 1.82) is 0 Å². The molecule has 3 aliphatic rings. The Morgan fingerprint density at radius 1 is 1.30 bits per heavy atom. The van der Waals surface area contributed by atoms with E-state index < -0.39 is 51.4 Å². The highest BCUT2D eigenvalue weighted by Gasteiger charge is 2.65. The number of alkyl halides is 2. The van der Waals surface area contributed by atoms with Crippen molar-refractivity contribution in [3.05, 3.63) is 34.4 Å². The number of piperazine rings is 1. The maximum absolute atomic E-state index is 15.1. The molecule has 3 amide bonds. The van der Waals surface area contributed by atoms with Gasteiger partial charge in [-0.05, 0) is 42.7 Å². The average molecular weight is 448 g/mol. The molecule has 1 aromatic rings. The molecule has 0 bridgehead atoms. The fraction of sp³-hybridized carbons (Fsp3) is 0.600. The number of urea groups is 1. The Morgan fingerprint density at radius 2 is 1.93 bits per heavy atom. The van der Waals surface area contributed by atoms with Gasteiger partial charge in [-0.2, -0.15) is 0 Å². The van der Waals surface area contributed by atoms with Gasteiger partial charge in [-0.1, -0.05) is 17.7 Å². The SMILES string of the molecule is CC1([C@@H](c2ccc(F)c(Cl)c2F)C2CC3(C2)CC(F)(F)C3)C(=O)NCCN1C(N)=O. The Labute approximate surface area is 175 Å². The van der Waals surface area contributed by atoms with Gasteiger partial charge >= 0.3 is 6.03 Å². The standard InChI is InChI=1S/C20H22ClF4N3O2/c1-18(16(29)27-4-5-28(18)17(26)30)13(11-2-3-12(22)14(21)15(11)23)10-6-19(7-10)8-20(24,25)9-19/h2-3,10,13H,4-9H2,1H3,(H2,26,30)(H,27,29)/t13-,18?/m1/s1. The van der Waals surface area contributed by atoms with Crippen molar-refractivity contribution in [2.45, 2.75) is 50.0 Å². The lowest BCUT2D eigenvalue weighted by molar-refractivity contribution is -0.213. The minimum absolute atomic E-state index is 0.0295. The van der Waals surface area contributed by atoms with Crippen LogP contribution >= 0.6 is 11.6 Å². The molecule has 30 heavy (non-hydrogen) atoms. The van der Waals surface area contributed by atoms with Crippen molar-refractivity contribution >= 4 is 23.5 Å². The number of benzene rings is 1. The zero-order valence-corrected chi connectivity index (χ0v) is 17.0. The van der Waals surface area contributed by atoms with Crippen molar-refractivity contribution in [3.8, 4) is 0 Å².